The molecule has 168 valence electrons. The minimum atomic E-state index is -4.91. The topological polar surface area (TPSA) is 36.9 Å². The molecule has 0 aromatic heterocycles. The Hall–Kier alpha value is -2.05. The van der Waals surface area contributed by atoms with E-state index in [1.165, 1.54) is 0 Å². The second-order valence-corrected chi connectivity index (χ2v) is 11.1. The summed E-state index contributed by atoms with van der Waals surface area (Å²) in [4.78, 5) is 0. The quantitative estimate of drug-likeness (QED) is 0.203. The summed E-state index contributed by atoms with van der Waals surface area (Å²) < 4.78 is 25.3. The van der Waals surface area contributed by atoms with E-state index in [0.29, 0.717) is 43.1 Å². The van der Waals surface area contributed by atoms with Crippen LogP contribution in [0.25, 0.3) is 0 Å². The molecular formula is C24H16Cl4O4Ti. The van der Waals surface area contributed by atoms with Crippen molar-refractivity contribution < 1.29 is 31.4 Å². The van der Waals surface area contributed by atoms with Gasteiger partial charge in [0.05, 0.1) is 0 Å². The Kier molecular flexibility index (Phi) is 7.97. The number of hydrogen-bond donors (Lipinski definition) is 0. The van der Waals surface area contributed by atoms with Crippen LogP contribution in [0, 0.1) is 0 Å². The summed E-state index contributed by atoms with van der Waals surface area (Å²) in [5, 5.41) is 1.39. The van der Waals surface area contributed by atoms with Crippen molar-refractivity contribution in [3.63, 3.8) is 0 Å². The van der Waals surface area contributed by atoms with Crippen molar-refractivity contribution in [2.45, 2.75) is 0 Å². The van der Waals surface area contributed by atoms with E-state index in [-0.39, 0.29) is 0 Å². The Bertz CT molecular complexity index is 1060. The molecule has 0 atom stereocenters. The Morgan fingerprint density at radius 1 is 0.364 bits per heavy atom. The molecule has 0 aliphatic heterocycles. The molecule has 0 amide bonds. The first kappa shape index (κ1) is 24.1. The Labute approximate surface area is 216 Å². The molecule has 0 unspecified atom stereocenters. The summed E-state index contributed by atoms with van der Waals surface area (Å²) in [6.45, 7) is 0. The SMILES string of the molecule is Clc1ccccc1[O][Ti]([O]c1ccccc1Cl)([O]c1ccccc1Cl)[O]c1ccccc1Cl. The van der Waals surface area contributed by atoms with Crippen LogP contribution in [-0.4, -0.2) is 0 Å². The number of benzene rings is 4. The molecule has 0 aliphatic rings. The molecule has 0 heterocycles. The average molecular weight is 558 g/mol. The second kappa shape index (κ2) is 10.9. The molecule has 0 radical (unpaired) electrons. The normalized spacial score (nSPS) is 11.0. The second-order valence-electron chi connectivity index (χ2n) is 6.63. The summed E-state index contributed by atoms with van der Waals surface area (Å²) in [5.74, 6) is 1.24. The van der Waals surface area contributed by atoms with Crippen LogP contribution >= 0.6 is 46.4 Å². The summed E-state index contributed by atoms with van der Waals surface area (Å²) >= 11 is 20.7. The predicted molar refractivity (Wildman–Crippen MR) is 128 cm³/mol. The van der Waals surface area contributed by atoms with Crippen molar-refractivity contribution in [3.05, 3.63) is 117 Å². The van der Waals surface area contributed by atoms with Crippen LogP contribution in [0.5, 0.6) is 23.0 Å². The van der Waals surface area contributed by atoms with Gasteiger partial charge in [-0.25, -0.2) is 0 Å². The van der Waals surface area contributed by atoms with Gasteiger partial charge in [-0.1, -0.05) is 0 Å². The predicted octanol–water partition coefficient (Wildman–Crippen LogP) is 8.73. The zero-order chi connectivity index (χ0) is 23.3. The number of para-hydroxylation sites is 4. The third-order valence-corrected chi connectivity index (χ3v) is 8.47. The van der Waals surface area contributed by atoms with Crippen molar-refractivity contribution in [1.82, 2.24) is 0 Å². The van der Waals surface area contributed by atoms with E-state index < -0.39 is 18.1 Å². The van der Waals surface area contributed by atoms with Gasteiger partial charge in [0.1, 0.15) is 0 Å². The van der Waals surface area contributed by atoms with Gasteiger partial charge < -0.3 is 0 Å². The summed E-state index contributed by atoms with van der Waals surface area (Å²) in [6.07, 6.45) is 0. The van der Waals surface area contributed by atoms with E-state index in [0.717, 1.165) is 0 Å². The van der Waals surface area contributed by atoms with Gasteiger partial charge >= 0.3 is 218 Å². The van der Waals surface area contributed by atoms with Crippen LogP contribution in [0.2, 0.25) is 20.1 Å². The summed E-state index contributed by atoms with van der Waals surface area (Å²) in [5.41, 5.74) is 0. The van der Waals surface area contributed by atoms with Gasteiger partial charge in [-0.05, 0) is 0 Å². The molecule has 0 aliphatic carbocycles. The van der Waals surface area contributed by atoms with Crippen molar-refractivity contribution in [1.29, 1.82) is 0 Å². The molecule has 9 heteroatoms. The van der Waals surface area contributed by atoms with Gasteiger partial charge in [0.2, 0.25) is 0 Å². The van der Waals surface area contributed by atoms with E-state index in [9.17, 15) is 0 Å². The molecule has 0 N–H and O–H groups in total. The van der Waals surface area contributed by atoms with Crippen LogP contribution < -0.4 is 13.3 Å². The van der Waals surface area contributed by atoms with Gasteiger partial charge in [-0.2, -0.15) is 0 Å². The summed E-state index contributed by atoms with van der Waals surface area (Å²) in [7, 11) is 0. The van der Waals surface area contributed by atoms with E-state index >= 15 is 0 Å². The van der Waals surface area contributed by atoms with Gasteiger partial charge in [0.25, 0.3) is 0 Å². The maximum atomic E-state index is 6.39. The van der Waals surface area contributed by atoms with E-state index in [1.807, 2.05) is 0 Å². The molecule has 0 saturated carbocycles. The fourth-order valence-corrected chi connectivity index (χ4v) is 7.06. The van der Waals surface area contributed by atoms with E-state index in [4.69, 9.17) is 59.7 Å². The van der Waals surface area contributed by atoms with E-state index in [1.54, 1.807) is 97.1 Å². The van der Waals surface area contributed by atoms with Gasteiger partial charge in [-0.3, -0.25) is 0 Å². The van der Waals surface area contributed by atoms with Crippen LogP contribution in [0.1, 0.15) is 0 Å². The molecule has 0 saturated heterocycles. The molecule has 0 spiro atoms. The van der Waals surface area contributed by atoms with Crippen LogP contribution in [0.15, 0.2) is 97.1 Å². The number of hydrogen-bond acceptors (Lipinski definition) is 4. The molecule has 0 fully saturated rings. The van der Waals surface area contributed by atoms with Crippen LogP contribution in [0.3, 0.4) is 0 Å². The minimum absolute atomic E-state index is 0.310. The molecule has 4 nitrogen and oxygen atoms in total. The van der Waals surface area contributed by atoms with Crippen molar-refractivity contribution in [2.24, 2.45) is 0 Å². The van der Waals surface area contributed by atoms with Crippen molar-refractivity contribution in [2.75, 3.05) is 0 Å². The fourth-order valence-electron chi connectivity index (χ4n) is 2.77. The Morgan fingerprint density at radius 3 is 0.788 bits per heavy atom. The average Bonchev–Trinajstić information content (AvgIpc) is 2.80. The Morgan fingerprint density at radius 2 is 0.576 bits per heavy atom. The van der Waals surface area contributed by atoms with Crippen molar-refractivity contribution >= 4 is 46.4 Å². The van der Waals surface area contributed by atoms with E-state index in [2.05, 4.69) is 0 Å². The maximum absolute atomic E-state index is 6.39. The third-order valence-electron chi connectivity index (χ3n) is 4.29. The Balaban J connectivity index is 1.86. The first-order chi connectivity index (χ1) is 16.0. The summed E-state index contributed by atoms with van der Waals surface area (Å²) in [6, 6.07) is 27.7. The molecular weight excluding hydrogens is 542 g/mol. The van der Waals surface area contributed by atoms with Crippen molar-refractivity contribution in [3.8, 4) is 23.0 Å². The molecule has 4 aromatic carbocycles. The zero-order valence-electron chi connectivity index (χ0n) is 16.9. The standard InChI is InChI=1S/4C6H5ClO.Ti/c4*7-5-3-1-2-4-6(5)8;/h4*1-4,8H;/q;;;;+4/p-4. The number of halogens is 4. The zero-order valence-corrected chi connectivity index (χ0v) is 21.5. The first-order valence-corrected chi connectivity index (χ1v) is 13.8. The van der Waals surface area contributed by atoms with Gasteiger partial charge in [0, 0.05) is 0 Å². The molecule has 4 rings (SSSR count). The van der Waals surface area contributed by atoms with Crippen LogP contribution in [-0.2, 0) is 18.1 Å². The van der Waals surface area contributed by atoms with Crippen LogP contribution in [0.4, 0.5) is 0 Å². The van der Waals surface area contributed by atoms with Gasteiger partial charge in [-0.15, -0.1) is 0 Å². The van der Waals surface area contributed by atoms with Gasteiger partial charge in [0.15, 0.2) is 0 Å². The monoisotopic (exact) mass is 556 g/mol. The molecule has 4 aromatic rings. The number of rotatable bonds is 8. The molecule has 0 bridgehead atoms. The first-order valence-electron chi connectivity index (χ1n) is 9.70. The third kappa shape index (κ3) is 6.10. The molecule has 33 heavy (non-hydrogen) atoms. The fraction of sp³-hybridized carbons (Fsp3) is 0.